The van der Waals surface area contributed by atoms with Gasteiger partial charge in [-0.25, -0.2) is 17.6 Å². The zero-order valence-electron chi connectivity index (χ0n) is 66.4. The minimum absolute atomic E-state index is 0.00626. The molecule has 6 atom stereocenters. The van der Waals surface area contributed by atoms with Crippen molar-refractivity contribution in [3.8, 4) is 17.2 Å². The van der Waals surface area contributed by atoms with E-state index in [1.54, 1.807) is 80.2 Å². The predicted octanol–water partition coefficient (Wildman–Crippen LogP) is 11.1. The number of pyridine rings is 3. The van der Waals surface area contributed by atoms with Crippen molar-refractivity contribution in [2.24, 2.45) is 16.2 Å². The maximum Gasteiger partial charge on any atom is 0.332 e. The summed E-state index contributed by atoms with van der Waals surface area (Å²) in [5.41, 5.74) is -6.33. The molecule has 2 aromatic carbocycles. The molecule has 0 fully saturated rings. The highest BCUT2D eigenvalue weighted by molar-refractivity contribution is 9.10. The van der Waals surface area contributed by atoms with E-state index in [1.165, 1.54) is 49.8 Å². The monoisotopic (exact) mass is 1740 g/mol. The van der Waals surface area contributed by atoms with Crippen LogP contribution in [0.4, 0.5) is 17.6 Å². The van der Waals surface area contributed by atoms with Crippen LogP contribution in [0.5, 0.6) is 17.2 Å². The lowest BCUT2D eigenvalue weighted by Crippen LogP contribution is -2.50. The number of methoxy groups -OCH3 is 5. The molecule has 3 aliphatic rings. The molecule has 0 radical (unpaired) electrons. The van der Waals surface area contributed by atoms with Crippen molar-refractivity contribution in [1.82, 2.24) is 24.3 Å². The number of aromatic nitrogens is 3. The van der Waals surface area contributed by atoms with Gasteiger partial charge in [0.1, 0.15) is 51.5 Å². The number of benzene rings is 2. The van der Waals surface area contributed by atoms with E-state index in [-0.39, 0.29) is 193 Å². The minimum Gasteiger partial charge on any atom is -0.503 e. The standard InChI is InChI=1S/C28H37F2N2O9P.C27H35F2N2O9P.C20H31BrNO8P/c1-6-40-42(36,41-7-2)13-12-39-11-10-28(3)22(37-4)17-32-16-20(24(33)25(38-5)23(32)26(28)34)27(35)31-15-18-8-9-19(29)14-21(18)30;1-5-39-41(36,40-6-2)12-11-38-10-9-27(3)21(37-4)16-31-15-19(23(32)24(33)22(31)25(27)34)26(35)30-14-17-7-8-18(28)13-20(17)29;1-6-29-31(25,30-7-2)11-10-28-9-8-20(3)15(26-4)13-22-12-14(21)17(23)18(27-5)16(22)19(20)24/h8-9,14,16,22H,6-7,10-13,15,17H2,1-5H3,(H,31,35);7-8,13,15,21,33H,5-6,9-12,14,16H2,1-4H3,(H,30,35);12,15H,6-11,13H2,1-5H3. The number of halogens is 5. The Bertz CT molecular complexity index is 4520. The molecule has 6 heterocycles. The molecule has 3 N–H and O–H groups in total. The van der Waals surface area contributed by atoms with Crippen molar-refractivity contribution >= 4 is 67.9 Å². The van der Waals surface area contributed by atoms with Gasteiger partial charge in [-0.2, -0.15) is 0 Å². The molecule has 39 heteroatoms. The summed E-state index contributed by atoms with van der Waals surface area (Å²) in [7, 11) is -2.74. The van der Waals surface area contributed by atoms with Crippen LogP contribution in [0.25, 0.3) is 0 Å². The summed E-state index contributed by atoms with van der Waals surface area (Å²) in [6, 6.07) is 5.79. The number of fused-ring (bicyclic) bond motifs is 3. The number of aromatic hydroxyl groups is 1. The molecule has 6 unspecified atom stereocenters. The summed E-state index contributed by atoms with van der Waals surface area (Å²) >= 11 is 3.22. The second-order valence-electron chi connectivity index (χ2n) is 26.8. The average molecular weight is 1740 g/mol. The molecule has 5 aromatic rings. The van der Waals surface area contributed by atoms with Crippen molar-refractivity contribution in [2.75, 3.05) is 133 Å². The zero-order valence-corrected chi connectivity index (χ0v) is 70.7. The van der Waals surface area contributed by atoms with E-state index < -0.39 is 126 Å². The number of ether oxygens (including phenoxy) is 8. The Labute approximate surface area is 666 Å². The summed E-state index contributed by atoms with van der Waals surface area (Å²) < 4.78 is 173. The van der Waals surface area contributed by atoms with Gasteiger partial charge in [-0.15, -0.1) is 0 Å². The first kappa shape index (κ1) is 95.9. The van der Waals surface area contributed by atoms with Crippen molar-refractivity contribution in [2.45, 2.75) is 133 Å². The van der Waals surface area contributed by atoms with E-state index in [4.69, 9.17) is 65.0 Å². The van der Waals surface area contributed by atoms with Crippen LogP contribution in [-0.4, -0.2) is 200 Å². The topological polar surface area (TPSA) is 376 Å². The molecule has 0 saturated carbocycles. The molecule has 0 saturated heterocycles. The number of Topliss-reactive ketones (excluding diaryl/α,β-unsaturated/α-hetero) is 3. The van der Waals surface area contributed by atoms with Crippen molar-refractivity contribution in [3.05, 3.63) is 153 Å². The predicted molar refractivity (Wildman–Crippen MR) is 413 cm³/mol. The number of hydrogen-bond donors (Lipinski definition) is 3. The third-order valence-corrected chi connectivity index (χ3v) is 26.2. The van der Waals surface area contributed by atoms with E-state index in [0.29, 0.717) is 29.6 Å². The second kappa shape index (κ2) is 43.5. The molecule has 0 spiro atoms. The second-order valence-corrected chi connectivity index (χ2v) is 34.2. The Kier molecular flexibility index (Phi) is 36.6. The van der Waals surface area contributed by atoms with Gasteiger partial charge in [-0.1, -0.05) is 12.1 Å². The molecule has 0 aliphatic carbocycles. The third kappa shape index (κ3) is 23.3. The fourth-order valence-electron chi connectivity index (χ4n) is 13.2. The fraction of sp³-hybridized carbons (Fsp3) is 0.573. The van der Waals surface area contributed by atoms with Gasteiger partial charge in [0.25, 0.3) is 11.8 Å². The molecule has 3 aliphatic heterocycles. The van der Waals surface area contributed by atoms with Crippen LogP contribution in [0.2, 0.25) is 0 Å². The van der Waals surface area contributed by atoms with Crippen molar-refractivity contribution in [1.29, 1.82) is 0 Å². The molecule has 31 nitrogen and oxygen atoms in total. The van der Waals surface area contributed by atoms with Crippen LogP contribution >= 0.6 is 38.7 Å². The first-order valence-corrected chi connectivity index (χ1v) is 42.8. The van der Waals surface area contributed by atoms with E-state index in [0.717, 1.165) is 24.4 Å². The quantitative estimate of drug-likeness (QED) is 0.0186. The number of carbonyl (C=O) groups excluding carboxylic acids is 5. The van der Waals surface area contributed by atoms with Gasteiger partial charge in [-0.05, 0) is 110 Å². The minimum atomic E-state index is -3.29. The average Bonchev–Trinajstić information content (AvgIpc) is 0.743. The molecule has 2 amide bonds. The van der Waals surface area contributed by atoms with Gasteiger partial charge in [-0.3, -0.25) is 52.1 Å². The molecule has 8 rings (SSSR count). The largest absolute Gasteiger partial charge is 0.503 e. The van der Waals surface area contributed by atoms with Gasteiger partial charge in [0.2, 0.25) is 16.3 Å². The number of ketones is 3. The highest BCUT2D eigenvalue weighted by atomic mass is 79.9. The number of amides is 2. The molecule has 0 bridgehead atoms. The Balaban J connectivity index is 0.000000270. The molecular formula is C75H103BrF4N5O26P3. The molecular weight excluding hydrogens is 1640 g/mol. The van der Waals surface area contributed by atoms with E-state index in [2.05, 4.69) is 26.6 Å². The van der Waals surface area contributed by atoms with Crippen molar-refractivity contribution in [3.63, 3.8) is 0 Å². The smallest absolute Gasteiger partial charge is 0.332 e. The first-order chi connectivity index (χ1) is 54.0. The number of hydrogen-bond acceptors (Lipinski definition) is 26. The number of rotatable bonds is 41. The lowest BCUT2D eigenvalue weighted by atomic mass is 9.73. The lowest BCUT2D eigenvalue weighted by molar-refractivity contribution is -0.0287. The Morgan fingerprint density at radius 1 is 0.474 bits per heavy atom. The molecule has 114 heavy (non-hydrogen) atoms. The number of carbonyl (C=O) groups is 5. The fourth-order valence-corrected chi connectivity index (χ4v) is 18.0. The highest BCUT2D eigenvalue weighted by Gasteiger charge is 2.51. The number of nitrogens with zero attached hydrogens (tertiary/aromatic N) is 3. The van der Waals surface area contributed by atoms with E-state index in [9.17, 15) is 74.7 Å². The van der Waals surface area contributed by atoms with Crippen molar-refractivity contribution < 1.29 is 125 Å². The summed E-state index contributed by atoms with van der Waals surface area (Å²) in [6.45, 7) is 17.6. The van der Waals surface area contributed by atoms with Gasteiger partial charge < -0.3 is 94.5 Å². The van der Waals surface area contributed by atoms with Crippen LogP contribution in [0.3, 0.4) is 0 Å². The SMILES string of the molecule is CCOP(=O)(CCOCCC1(C)C(=O)c2c(O)c(=O)c(C(=O)NCc3ccc(F)cc3F)cn2CC1OC)OCC.CCOP(=O)(CCOCCC1(C)C(=O)c2c(OC)c(=O)c(Br)cn2CC1OC)OCC.CCOP(=O)(CCOCCC1(C)C(=O)c2c(OC)c(=O)c(C(=O)NCc3ccc(F)cc3F)cn2CC1OC)OCC. The van der Waals surface area contributed by atoms with Gasteiger partial charge in [0, 0.05) is 96.1 Å². The van der Waals surface area contributed by atoms with E-state index >= 15 is 0 Å². The van der Waals surface area contributed by atoms with Gasteiger partial charge in [0.15, 0.2) is 34.6 Å². The first-order valence-electron chi connectivity index (χ1n) is 36.8. The zero-order chi connectivity index (χ0) is 84.7. The van der Waals surface area contributed by atoms with Gasteiger partial charge in [0.05, 0.1) is 151 Å². The summed E-state index contributed by atoms with van der Waals surface area (Å²) in [5.74, 6) is -7.44. The summed E-state index contributed by atoms with van der Waals surface area (Å²) in [4.78, 5) is 105. The highest BCUT2D eigenvalue weighted by Crippen LogP contribution is 2.50. The van der Waals surface area contributed by atoms with Crippen LogP contribution in [0.15, 0.2) is 73.8 Å². The maximum absolute atomic E-state index is 14.0. The Hall–Kier alpha value is -6.95. The van der Waals surface area contributed by atoms with E-state index in [1.807, 2.05) is 0 Å². The van der Waals surface area contributed by atoms with Gasteiger partial charge >= 0.3 is 22.8 Å². The normalized spacial score (nSPS) is 19.4. The number of nitrogens with one attached hydrogen (secondary N) is 2. The Morgan fingerprint density at radius 3 is 1.10 bits per heavy atom. The summed E-state index contributed by atoms with van der Waals surface area (Å²) in [5, 5.41) is 15.6. The van der Waals surface area contributed by atoms with Crippen LogP contribution in [-0.2, 0) is 102 Å². The van der Waals surface area contributed by atoms with Crippen LogP contribution in [0.1, 0.15) is 145 Å². The summed E-state index contributed by atoms with van der Waals surface area (Å²) in [6.07, 6.45) is 3.11. The molecule has 634 valence electrons. The van der Waals surface area contributed by atoms with Crippen LogP contribution < -0.4 is 36.4 Å². The Morgan fingerprint density at radius 2 is 0.781 bits per heavy atom. The molecule has 3 aromatic heterocycles. The van der Waals surface area contributed by atoms with Crippen LogP contribution in [0, 0.1) is 39.5 Å². The maximum atomic E-state index is 14.0. The third-order valence-electron chi connectivity index (χ3n) is 19.6. The lowest BCUT2D eigenvalue weighted by Gasteiger charge is -2.41.